The van der Waals surface area contributed by atoms with Crippen molar-refractivity contribution < 1.29 is 4.42 Å². The number of nitrogens with zero attached hydrogens (tertiary/aromatic N) is 5. The van der Waals surface area contributed by atoms with Gasteiger partial charge in [0.05, 0.1) is 22.2 Å². The van der Waals surface area contributed by atoms with Gasteiger partial charge in [-0.1, -0.05) is 11.3 Å². The van der Waals surface area contributed by atoms with Crippen LogP contribution in [0.4, 0.5) is 5.13 Å². The van der Waals surface area contributed by atoms with Crippen LogP contribution in [0.25, 0.3) is 32.6 Å². The smallest absolute Gasteiger partial charge is 0.192 e. The minimum atomic E-state index is 0.216. The molecule has 1 N–H and O–H groups in total. The van der Waals surface area contributed by atoms with Crippen LogP contribution >= 0.6 is 11.3 Å². The fraction of sp³-hybridized carbons (Fsp3) is 0.440. The molecule has 8 heteroatoms. The Morgan fingerprint density at radius 3 is 2.67 bits per heavy atom. The molecule has 2 aliphatic heterocycles. The SMILES string of the molecule is Cc1nc2c(C#N)cc(-c3cc4sc(N(C)C5C[C@]6(C)CC[C@](C)(C5)N6)nc4cn3)cc2o1. The monoisotopic (exact) mass is 458 g/mol. The van der Waals surface area contributed by atoms with Crippen LogP contribution in [-0.4, -0.2) is 39.1 Å². The van der Waals surface area contributed by atoms with E-state index >= 15 is 0 Å². The van der Waals surface area contributed by atoms with Crippen molar-refractivity contribution in [3.63, 3.8) is 0 Å². The van der Waals surface area contributed by atoms with Crippen LogP contribution in [0.2, 0.25) is 0 Å². The molecule has 2 bridgehead atoms. The summed E-state index contributed by atoms with van der Waals surface area (Å²) in [6, 6.07) is 8.50. The molecule has 0 saturated carbocycles. The van der Waals surface area contributed by atoms with Gasteiger partial charge in [-0.15, -0.1) is 0 Å². The van der Waals surface area contributed by atoms with Crippen LogP contribution in [0.1, 0.15) is 51.0 Å². The van der Waals surface area contributed by atoms with Gasteiger partial charge < -0.3 is 14.6 Å². The van der Waals surface area contributed by atoms with Gasteiger partial charge in [0.25, 0.3) is 0 Å². The van der Waals surface area contributed by atoms with Gasteiger partial charge in [0.15, 0.2) is 16.6 Å². The molecule has 0 spiro atoms. The van der Waals surface area contributed by atoms with Gasteiger partial charge >= 0.3 is 0 Å². The van der Waals surface area contributed by atoms with E-state index in [0.717, 1.165) is 39.4 Å². The molecule has 6 rings (SSSR count). The van der Waals surface area contributed by atoms with Crippen molar-refractivity contribution in [3.05, 3.63) is 35.9 Å². The first-order chi connectivity index (χ1) is 15.7. The molecule has 3 atom stereocenters. The third-order valence-electron chi connectivity index (χ3n) is 7.34. The average Bonchev–Trinajstić information content (AvgIpc) is 3.43. The van der Waals surface area contributed by atoms with Gasteiger partial charge in [-0.2, -0.15) is 5.26 Å². The van der Waals surface area contributed by atoms with Gasteiger partial charge in [0.2, 0.25) is 0 Å². The lowest BCUT2D eigenvalue weighted by atomic mass is 9.84. The van der Waals surface area contributed by atoms with E-state index < -0.39 is 0 Å². The van der Waals surface area contributed by atoms with Crippen LogP contribution in [-0.2, 0) is 0 Å². The van der Waals surface area contributed by atoms with Crippen LogP contribution in [0.5, 0.6) is 0 Å². The normalized spacial score (nSPS) is 26.7. The maximum absolute atomic E-state index is 9.58. The molecule has 2 fully saturated rings. The van der Waals surface area contributed by atoms with Gasteiger partial charge in [-0.05, 0) is 57.7 Å². The van der Waals surface area contributed by atoms with E-state index in [1.54, 1.807) is 18.3 Å². The zero-order valence-electron chi connectivity index (χ0n) is 19.3. The van der Waals surface area contributed by atoms with Crippen molar-refractivity contribution >= 4 is 37.8 Å². The molecule has 2 aliphatic rings. The van der Waals surface area contributed by atoms with Crippen molar-refractivity contribution in [2.75, 3.05) is 11.9 Å². The highest BCUT2D eigenvalue weighted by Gasteiger charge is 2.49. The van der Waals surface area contributed by atoms with Crippen LogP contribution in [0.15, 0.2) is 28.8 Å². The number of pyridine rings is 1. The van der Waals surface area contributed by atoms with Crippen molar-refractivity contribution in [1.82, 2.24) is 20.3 Å². The van der Waals surface area contributed by atoms with E-state index in [1.807, 2.05) is 18.3 Å². The quantitative estimate of drug-likeness (QED) is 0.452. The van der Waals surface area contributed by atoms with Crippen LogP contribution in [0.3, 0.4) is 0 Å². The zero-order chi connectivity index (χ0) is 23.0. The van der Waals surface area contributed by atoms with Crippen molar-refractivity contribution in [2.24, 2.45) is 0 Å². The summed E-state index contributed by atoms with van der Waals surface area (Å²) in [5.74, 6) is 0.547. The maximum atomic E-state index is 9.58. The van der Waals surface area contributed by atoms with E-state index in [0.29, 0.717) is 28.6 Å². The molecule has 1 unspecified atom stereocenters. The number of rotatable bonds is 3. The number of nitrogens with one attached hydrogen (secondary N) is 1. The summed E-state index contributed by atoms with van der Waals surface area (Å²) < 4.78 is 6.78. The molecule has 7 nitrogen and oxygen atoms in total. The highest BCUT2D eigenvalue weighted by molar-refractivity contribution is 7.22. The fourth-order valence-corrected chi connectivity index (χ4v) is 6.76. The van der Waals surface area contributed by atoms with E-state index in [2.05, 4.69) is 53.2 Å². The third-order valence-corrected chi connectivity index (χ3v) is 8.44. The van der Waals surface area contributed by atoms with Crippen molar-refractivity contribution in [2.45, 2.75) is 63.6 Å². The first-order valence-electron chi connectivity index (χ1n) is 11.3. The summed E-state index contributed by atoms with van der Waals surface area (Å²) in [7, 11) is 2.17. The molecule has 2 saturated heterocycles. The number of anilines is 1. The highest BCUT2D eigenvalue weighted by Crippen LogP contribution is 2.44. The summed E-state index contributed by atoms with van der Waals surface area (Å²) >= 11 is 1.70. The number of piperidine rings is 1. The molecule has 3 aromatic heterocycles. The molecule has 0 radical (unpaired) electrons. The first-order valence-corrected chi connectivity index (χ1v) is 12.2. The second-order valence-electron chi connectivity index (χ2n) is 10.2. The Bertz CT molecular complexity index is 1430. The number of hydrogen-bond donors (Lipinski definition) is 1. The number of aromatic nitrogens is 3. The molecule has 0 amide bonds. The number of thiazole rings is 1. The summed E-state index contributed by atoms with van der Waals surface area (Å²) in [5.41, 5.74) is 4.67. The molecule has 0 aliphatic carbocycles. The van der Waals surface area contributed by atoms with Gasteiger partial charge in [0.1, 0.15) is 17.1 Å². The third kappa shape index (κ3) is 3.38. The fourth-order valence-electron chi connectivity index (χ4n) is 5.76. The molecule has 4 aromatic rings. The summed E-state index contributed by atoms with van der Waals surface area (Å²) in [6.07, 6.45) is 6.56. The lowest BCUT2D eigenvalue weighted by Crippen LogP contribution is -2.58. The Kier molecular flexibility index (Phi) is 4.36. The predicted octanol–water partition coefficient (Wildman–Crippen LogP) is 5.18. The van der Waals surface area contributed by atoms with Crippen molar-refractivity contribution in [3.8, 4) is 17.3 Å². The summed E-state index contributed by atoms with van der Waals surface area (Å²) in [6.45, 7) is 6.50. The maximum Gasteiger partial charge on any atom is 0.192 e. The summed E-state index contributed by atoms with van der Waals surface area (Å²) in [5, 5.41) is 14.5. The topological polar surface area (TPSA) is 90.9 Å². The number of aryl methyl sites for hydroxylation is 1. The molecular formula is C25H26N6OS. The number of fused-ring (bicyclic) bond motifs is 4. The molecule has 33 heavy (non-hydrogen) atoms. The average molecular weight is 459 g/mol. The summed E-state index contributed by atoms with van der Waals surface area (Å²) in [4.78, 5) is 16.3. The van der Waals surface area contributed by atoms with Gasteiger partial charge in [-0.3, -0.25) is 4.98 Å². The number of benzene rings is 1. The van der Waals surface area contributed by atoms with Gasteiger partial charge in [0, 0.05) is 36.7 Å². The van der Waals surface area contributed by atoms with E-state index in [-0.39, 0.29) is 11.1 Å². The van der Waals surface area contributed by atoms with Crippen LogP contribution < -0.4 is 10.2 Å². The molecule has 5 heterocycles. The second kappa shape index (κ2) is 6.99. The van der Waals surface area contributed by atoms with Crippen LogP contribution in [0, 0.1) is 18.3 Å². The minimum Gasteiger partial charge on any atom is -0.441 e. The highest BCUT2D eigenvalue weighted by atomic mass is 32.1. The molecule has 1 aromatic carbocycles. The van der Waals surface area contributed by atoms with E-state index in [9.17, 15) is 5.26 Å². The first kappa shape index (κ1) is 20.6. The number of nitriles is 1. The number of hydrogen-bond acceptors (Lipinski definition) is 8. The number of oxazole rings is 1. The van der Waals surface area contributed by atoms with E-state index in [1.165, 1.54) is 12.8 Å². The van der Waals surface area contributed by atoms with Gasteiger partial charge in [-0.25, -0.2) is 9.97 Å². The Morgan fingerprint density at radius 1 is 1.18 bits per heavy atom. The largest absolute Gasteiger partial charge is 0.441 e. The Morgan fingerprint density at radius 2 is 1.94 bits per heavy atom. The predicted molar refractivity (Wildman–Crippen MR) is 130 cm³/mol. The zero-order valence-corrected chi connectivity index (χ0v) is 20.1. The standard InChI is InChI=1S/C25H26N6OS/c1-14-28-22-16(12-26)7-15(8-20(22)32-14)18-9-21-19(13-27-18)29-23(33-21)31(4)17-10-24(2)5-6-25(3,11-17)30-24/h7-9,13,17,30H,5-6,10-11H2,1-4H3/t17?,24-,25+. The minimum absolute atomic E-state index is 0.216. The Hall–Kier alpha value is -3.02. The molecular weight excluding hydrogens is 432 g/mol. The second-order valence-corrected chi connectivity index (χ2v) is 11.2. The van der Waals surface area contributed by atoms with E-state index in [4.69, 9.17) is 9.40 Å². The molecule has 168 valence electrons. The lowest BCUT2D eigenvalue weighted by Gasteiger charge is -2.45. The Balaban J connectivity index is 1.34. The van der Waals surface area contributed by atoms with Crippen molar-refractivity contribution in [1.29, 1.82) is 5.26 Å². The Labute approximate surface area is 196 Å². The lowest BCUT2D eigenvalue weighted by molar-refractivity contribution is 0.208.